The summed E-state index contributed by atoms with van der Waals surface area (Å²) in [5.41, 5.74) is 10.4. The van der Waals surface area contributed by atoms with Crippen molar-refractivity contribution in [3.63, 3.8) is 0 Å². The van der Waals surface area contributed by atoms with Gasteiger partial charge >= 0.3 is 6.03 Å². The molecule has 39 heavy (non-hydrogen) atoms. The highest BCUT2D eigenvalue weighted by Crippen LogP contribution is 2.51. The average Bonchev–Trinajstić information content (AvgIpc) is 3.42. The van der Waals surface area contributed by atoms with Crippen LogP contribution in [0.15, 0.2) is 84.9 Å². The van der Waals surface area contributed by atoms with Gasteiger partial charge in [-0.25, -0.2) is 20.7 Å². The number of nitrogens with one attached hydrogen (secondary N) is 4. The highest BCUT2D eigenvalue weighted by Gasteiger charge is 2.58. The summed E-state index contributed by atoms with van der Waals surface area (Å²) in [5, 5.41) is 26.2. The van der Waals surface area contributed by atoms with Gasteiger partial charge in [0.15, 0.2) is 0 Å². The highest BCUT2D eigenvalue weighted by molar-refractivity contribution is 8.02. The molecule has 0 bridgehead atoms. The van der Waals surface area contributed by atoms with E-state index in [1.807, 2.05) is 24.3 Å². The first-order chi connectivity index (χ1) is 18.9. The summed E-state index contributed by atoms with van der Waals surface area (Å²) in [4.78, 5) is 37.6. The number of amides is 4. The van der Waals surface area contributed by atoms with Crippen molar-refractivity contribution < 1.29 is 24.6 Å². The molecule has 2 aliphatic rings. The zero-order chi connectivity index (χ0) is 27.1. The fourth-order valence-corrected chi connectivity index (χ4v) is 6.29. The van der Waals surface area contributed by atoms with Gasteiger partial charge in [-0.15, -0.1) is 11.8 Å². The first kappa shape index (κ1) is 24.6. The van der Waals surface area contributed by atoms with Crippen molar-refractivity contribution in [3.8, 4) is 11.5 Å². The minimum absolute atomic E-state index is 0.00536. The third-order valence-electron chi connectivity index (χ3n) is 6.82. The number of rotatable bonds is 5. The molecule has 2 heterocycles. The Kier molecular flexibility index (Phi) is 6.01. The molecular formula is C28H23N5O5S. The number of thioether (sulfide) groups is 1. The van der Waals surface area contributed by atoms with Crippen LogP contribution in [-0.2, 0) is 14.5 Å². The summed E-state index contributed by atoms with van der Waals surface area (Å²) in [6.45, 7) is 0. The van der Waals surface area contributed by atoms with Gasteiger partial charge < -0.3 is 15.5 Å². The molecule has 0 saturated carbocycles. The summed E-state index contributed by atoms with van der Waals surface area (Å²) in [5.74, 6) is -0.768. The molecule has 1 saturated heterocycles. The number of phenols is 2. The van der Waals surface area contributed by atoms with Gasteiger partial charge in [0, 0.05) is 16.8 Å². The van der Waals surface area contributed by atoms with E-state index in [-0.39, 0.29) is 17.3 Å². The molecule has 2 atom stereocenters. The molecule has 2 unspecified atom stereocenters. The van der Waals surface area contributed by atoms with Crippen molar-refractivity contribution in [1.82, 2.24) is 21.3 Å². The number of carbonyl (C=O) groups is 3. The second-order valence-corrected chi connectivity index (χ2v) is 10.3. The van der Waals surface area contributed by atoms with E-state index >= 15 is 0 Å². The lowest BCUT2D eigenvalue weighted by molar-refractivity contribution is -0.139. The summed E-state index contributed by atoms with van der Waals surface area (Å²) in [6, 6.07) is 22.7. The molecule has 11 heteroatoms. The van der Waals surface area contributed by atoms with Gasteiger partial charge in [-0.2, -0.15) is 0 Å². The van der Waals surface area contributed by atoms with Crippen LogP contribution in [0.5, 0.6) is 11.5 Å². The van der Waals surface area contributed by atoms with Crippen molar-refractivity contribution in [2.75, 3.05) is 11.1 Å². The third-order valence-corrected chi connectivity index (χ3v) is 8.22. The topological polar surface area (TPSA) is 143 Å². The Hall–Kier alpha value is -4.74. The van der Waals surface area contributed by atoms with E-state index in [9.17, 15) is 24.6 Å². The van der Waals surface area contributed by atoms with Gasteiger partial charge in [0.05, 0.1) is 11.8 Å². The Morgan fingerprint density at radius 1 is 0.949 bits per heavy atom. The third kappa shape index (κ3) is 4.08. The fourth-order valence-electron chi connectivity index (χ4n) is 5.04. The number of aromatic hydroxyl groups is 2. The predicted molar refractivity (Wildman–Crippen MR) is 146 cm³/mol. The van der Waals surface area contributed by atoms with E-state index in [0.29, 0.717) is 22.4 Å². The second kappa shape index (κ2) is 9.53. The summed E-state index contributed by atoms with van der Waals surface area (Å²) < 4.78 is 0. The van der Waals surface area contributed by atoms with Gasteiger partial charge in [0.1, 0.15) is 11.5 Å². The number of anilines is 1. The number of para-hydroxylation sites is 1. The number of phenolic OH excluding ortho intramolecular Hbond substituents is 2. The van der Waals surface area contributed by atoms with Crippen molar-refractivity contribution in [2.45, 2.75) is 10.9 Å². The molecule has 6 rings (SSSR count). The van der Waals surface area contributed by atoms with Crippen LogP contribution < -0.4 is 21.6 Å². The molecule has 2 aliphatic heterocycles. The van der Waals surface area contributed by atoms with Crippen LogP contribution in [0.25, 0.3) is 10.8 Å². The SMILES string of the molecule is O=C(NNC(c1ccc(O)cc1)c1c(O)ccc2ccccc12)NN1C(=O)CSC12C(=O)Nc1ccccc12. The maximum atomic E-state index is 13.2. The number of benzene rings is 4. The van der Waals surface area contributed by atoms with E-state index in [1.54, 1.807) is 48.5 Å². The number of hydrogen-bond acceptors (Lipinski definition) is 7. The minimum atomic E-state index is -1.42. The molecule has 1 spiro atoms. The van der Waals surface area contributed by atoms with E-state index in [1.165, 1.54) is 12.1 Å². The molecule has 0 aliphatic carbocycles. The van der Waals surface area contributed by atoms with E-state index in [2.05, 4.69) is 21.6 Å². The Morgan fingerprint density at radius 2 is 1.69 bits per heavy atom. The van der Waals surface area contributed by atoms with Crippen LogP contribution in [0.3, 0.4) is 0 Å². The van der Waals surface area contributed by atoms with Crippen LogP contribution in [0.4, 0.5) is 10.5 Å². The molecule has 4 aromatic carbocycles. The van der Waals surface area contributed by atoms with Crippen molar-refractivity contribution in [1.29, 1.82) is 0 Å². The number of nitrogens with zero attached hydrogens (tertiary/aromatic N) is 1. The first-order valence-corrected chi connectivity index (χ1v) is 13.1. The summed E-state index contributed by atoms with van der Waals surface area (Å²) in [7, 11) is 0. The lowest BCUT2D eigenvalue weighted by Crippen LogP contribution is -2.59. The molecule has 10 nitrogen and oxygen atoms in total. The molecule has 6 N–H and O–H groups in total. The molecular weight excluding hydrogens is 518 g/mol. The minimum Gasteiger partial charge on any atom is -0.508 e. The number of hydrogen-bond donors (Lipinski definition) is 6. The van der Waals surface area contributed by atoms with E-state index in [4.69, 9.17) is 0 Å². The largest absolute Gasteiger partial charge is 0.508 e. The fraction of sp³-hybridized carbons (Fsp3) is 0.107. The van der Waals surface area contributed by atoms with Crippen molar-refractivity contribution in [2.24, 2.45) is 0 Å². The molecule has 1 fully saturated rings. The van der Waals surface area contributed by atoms with Gasteiger partial charge in [0.2, 0.25) is 4.87 Å². The Labute approximate surface area is 227 Å². The Bertz CT molecular complexity index is 1630. The summed E-state index contributed by atoms with van der Waals surface area (Å²) in [6.07, 6.45) is 0. The Morgan fingerprint density at radius 3 is 2.51 bits per heavy atom. The van der Waals surface area contributed by atoms with Crippen LogP contribution in [-0.4, -0.2) is 38.8 Å². The van der Waals surface area contributed by atoms with Gasteiger partial charge in [-0.1, -0.05) is 60.7 Å². The Balaban J connectivity index is 1.30. The molecule has 0 aromatic heterocycles. The van der Waals surface area contributed by atoms with Crippen LogP contribution >= 0.6 is 11.8 Å². The van der Waals surface area contributed by atoms with Crippen LogP contribution in [0.2, 0.25) is 0 Å². The molecule has 4 aromatic rings. The van der Waals surface area contributed by atoms with Crippen molar-refractivity contribution >= 4 is 46.1 Å². The first-order valence-electron chi connectivity index (χ1n) is 12.1. The summed E-state index contributed by atoms with van der Waals surface area (Å²) >= 11 is 1.13. The number of hydrazine groups is 2. The zero-order valence-electron chi connectivity index (χ0n) is 20.3. The lowest BCUT2D eigenvalue weighted by atomic mass is 9.93. The molecule has 0 radical (unpaired) electrons. The van der Waals surface area contributed by atoms with Crippen LogP contribution in [0, 0.1) is 0 Å². The number of urea groups is 1. The standard InChI is InChI=1S/C28H23N5O5S/c34-18-12-9-17(10-13-18)25(24-19-6-2-1-5-16(19)11-14-22(24)35)30-31-27(38)32-33-23(36)15-39-28(33)20-7-3-4-8-21(20)29-26(28)37/h1-14,25,30,34-35H,15H2,(H,29,37)(H2,31,32,38). The average molecular weight is 542 g/mol. The second-order valence-electron chi connectivity index (χ2n) is 9.12. The molecule has 4 amide bonds. The highest BCUT2D eigenvalue weighted by atomic mass is 32.2. The molecule has 196 valence electrons. The monoisotopic (exact) mass is 541 g/mol. The maximum Gasteiger partial charge on any atom is 0.348 e. The van der Waals surface area contributed by atoms with E-state index < -0.39 is 28.8 Å². The lowest BCUT2D eigenvalue weighted by Gasteiger charge is -2.32. The number of carbonyl (C=O) groups excluding carboxylic acids is 3. The van der Waals surface area contributed by atoms with Crippen molar-refractivity contribution in [3.05, 3.63) is 102 Å². The van der Waals surface area contributed by atoms with Gasteiger partial charge in [-0.3, -0.25) is 15.0 Å². The van der Waals surface area contributed by atoms with Crippen LogP contribution in [0.1, 0.15) is 22.7 Å². The predicted octanol–water partition coefficient (Wildman–Crippen LogP) is 3.44. The maximum absolute atomic E-state index is 13.2. The quantitative estimate of drug-likeness (QED) is 0.213. The number of fused-ring (bicyclic) bond motifs is 3. The van der Waals surface area contributed by atoms with Gasteiger partial charge in [-0.05, 0) is 40.6 Å². The zero-order valence-corrected chi connectivity index (χ0v) is 21.2. The van der Waals surface area contributed by atoms with E-state index in [0.717, 1.165) is 27.5 Å². The normalized spacial score (nSPS) is 18.7. The van der Waals surface area contributed by atoms with Gasteiger partial charge in [0.25, 0.3) is 11.8 Å². The smallest absolute Gasteiger partial charge is 0.348 e.